The van der Waals surface area contributed by atoms with Gasteiger partial charge in [0.25, 0.3) is 0 Å². The maximum atomic E-state index is 12.4. The molecule has 1 aromatic carbocycles. The van der Waals surface area contributed by atoms with Gasteiger partial charge in [0.1, 0.15) is 5.75 Å². The van der Waals surface area contributed by atoms with Crippen LogP contribution < -0.4 is 15.2 Å². The van der Waals surface area contributed by atoms with E-state index >= 15 is 0 Å². The first-order valence-corrected chi connectivity index (χ1v) is 8.20. The third-order valence-corrected chi connectivity index (χ3v) is 5.02. The molecule has 1 aliphatic rings. The van der Waals surface area contributed by atoms with Crippen LogP contribution in [0.5, 0.6) is 5.75 Å². The predicted octanol–water partition coefficient (Wildman–Crippen LogP) is 1.27. The molecular weight excluding hydrogens is 276 g/mol. The van der Waals surface area contributed by atoms with Crippen molar-refractivity contribution in [3.63, 3.8) is 0 Å². The van der Waals surface area contributed by atoms with Crippen LogP contribution in [0.1, 0.15) is 26.3 Å². The van der Waals surface area contributed by atoms with Crippen LogP contribution in [0, 0.1) is 5.41 Å². The Balaban J connectivity index is 2.26. The molecule has 5 nitrogen and oxygen atoms in total. The van der Waals surface area contributed by atoms with Crippen LogP contribution >= 0.6 is 0 Å². The summed E-state index contributed by atoms with van der Waals surface area (Å²) in [7, 11) is -3.56. The Morgan fingerprint density at radius 3 is 2.70 bits per heavy atom. The molecule has 112 valence electrons. The number of rotatable bonds is 4. The van der Waals surface area contributed by atoms with Crippen LogP contribution in [-0.2, 0) is 16.4 Å². The first-order valence-electron chi connectivity index (χ1n) is 6.72. The first kappa shape index (κ1) is 15.3. The Hall–Kier alpha value is -1.11. The highest BCUT2D eigenvalue weighted by Crippen LogP contribution is 2.28. The molecule has 1 heterocycles. The van der Waals surface area contributed by atoms with Crippen LogP contribution in [0.3, 0.4) is 0 Å². The van der Waals surface area contributed by atoms with E-state index in [1.807, 2.05) is 20.8 Å². The topological polar surface area (TPSA) is 81.4 Å². The molecule has 20 heavy (non-hydrogen) atoms. The number of benzene rings is 1. The van der Waals surface area contributed by atoms with Gasteiger partial charge in [-0.25, -0.2) is 13.1 Å². The third kappa shape index (κ3) is 3.13. The van der Waals surface area contributed by atoms with Crippen molar-refractivity contribution in [3.8, 4) is 5.75 Å². The van der Waals surface area contributed by atoms with Crippen molar-refractivity contribution in [2.45, 2.75) is 38.1 Å². The zero-order chi connectivity index (χ0) is 15.0. The van der Waals surface area contributed by atoms with Crippen molar-refractivity contribution in [1.29, 1.82) is 0 Å². The summed E-state index contributed by atoms with van der Waals surface area (Å²) in [6.45, 7) is 6.76. The Labute approximate surface area is 120 Å². The predicted molar refractivity (Wildman–Crippen MR) is 78.3 cm³/mol. The normalized spacial score (nSPS) is 16.6. The van der Waals surface area contributed by atoms with Gasteiger partial charge >= 0.3 is 0 Å². The summed E-state index contributed by atoms with van der Waals surface area (Å²) in [6, 6.07) is 4.66. The van der Waals surface area contributed by atoms with Gasteiger partial charge in [0.2, 0.25) is 10.0 Å². The molecule has 0 spiro atoms. The Kier molecular flexibility index (Phi) is 4.09. The minimum absolute atomic E-state index is 0.234. The molecule has 0 saturated heterocycles. The van der Waals surface area contributed by atoms with E-state index in [-0.39, 0.29) is 22.9 Å². The second-order valence-corrected chi connectivity index (χ2v) is 7.86. The highest BCUT2D eigenvalue weighted by molar-refractivity contribution is 7.89. The molecular formula is C14H22N2O3S. The lowest BCUT2D eigenvalue weighted by atomic mass is 9.88. The monoisotopic (exact) mass is 298 g/mol. The smallest absolute Gasteiger partial charge is 0.240 e. The molecule has 0 aliphatic carbocycles. The van der Waals surface area contributed by atoms with E-state index in [1.165, 1.54) is 0 Å². The van der Waals surface area contributed by atoms with Crippen LogP contribution in [0.25, 0.3) is 0 Å². The number of hydrogen-bond donors (Lipinski definition) is 2. The average Bonchev–Trinajstić information content (AvgIpc) is 2.81. The average molecular weight is 298 g/mol. The van der Waals surface area contributed by atoms with Gasteiger partial charge in [-0.2, -0.15) is 0 Å². The van der Waals surface area contributed by atoms with Crippen molar-refractivity contribution < 1.29 is 13.2 Å². The van der Waals surface area contributed by atoms with Crippen molar-refractivity contribution in [2.24, 2.45) is 11.1 Å². The highest BCUT2D eigenvalue weighted by Gasteiger charge is 2.29. The summed E-state index contributed by atoms with van der Waals surface area (Å²) >= 11 is 0. The molecule has 3 N–H and O–H groups in total. The molecule has 0 aromatic heterocycles. The summed E-state index contributed by atoms with van der Waals surface area (Å²) < 4.78 is 33.0. The number of nitrogens with two attached hydrogens (primary N) is 1. The Bertz CT molecular complexity index is 591. The standard InChI is InChI=1S/C14H22N2O3S/c1-14(2,3)13(9-15)16-20(17,18)11-4-5-12-10(8-11)6-7-19-12/h4-5,8,13,16H,6-7,9,15H2,1-3H3. The molecule has 0 radical (unpaired) electrons. The Morgan fingerprint density at radius 1 is 1.40 bits per heavy atom. The molecule has 6 heteroatoms. The van der Waals surface area contributed by atoms with Gasteiger partial charge in [-0.15, -0.1) is 0 Å². The Morgan fingerprint density at radius 2 is 2.10 bits per heavy atom. The fourth-order valence-electron chi connectivity index (χ4n) is 2.16. The maximum Gasteiger partial charge on any atom is 0.240 e. The van der Waals surface area contributed by atoms with Gasteiger partial charge in [-0.3, -0.25) is 0 Å². The lowest BCUT2D eigenvalue weighted by molar-refractivity contribution is 0.304. The second-order valence-electron chi connectivity index (χ2n) is 6.14. The molecule has 1 unspecified atom stereocenters. The highest BCUT2D eigenvalue weighted by atomic mass is 32.2. The second kappa shape index (κ2) is 5.35. The molecule has 1 aromatic rings. The van der Waals surface area contributed by atoms with Gasteiger partial charge in [0.15, 0.2) is 0 Å². The molecule has 1 aliphatic heterocycles. The summed E-state index contributed by atoms with van der Waals surface area (Å²) in [4.78, 5) is 0.268. The van der Waals surface area contributed by atoms with Crippen LogP contribution in [0.15, 0.2) is 23.1 Å². The summed E-state index contributed by atoms with van der Waals surface area (Å²) in [5, 5.41) is 0. The van der Waals surface area contributed by atoms with Crippen LogP contribution in [0.4, 0.5) is 0 Å². The minimum Gasteiger partial charge on any atom is -0.493 e. The van der Waals surface area contributed by atoms with Gasteiger partial charge in [-0.1, -0.05) is 20.8 Å². The molecule has 0 fully saturated rings. The van der Waals surface area contributed by atoms with Crippen molar-refractivity contribution in [1.82, 2.24) is 4.72 Å². The number of hydrogen-bond acceptors (Lipinski definition) is 4. The van der Waals surface area contributed by atoms with Gasteiger partial charge in [0.05, 0.1) is 11.5 Å². The van der Waals surface area contributed by atoms with Gasteiger partial charge in [0, 0.05) is 19.0 Å². The van der Waals surface area contributed by atoms with Crippen molar-refractivity contribution in [2.75, 3.05) is 13.2 Å². The van der Waals surface area contributed by atoms with E-state index in [2.05, 4.69) is 4.72 Å². The lowest BCUT2D eigenvalue weighted by Crippen LogP contribution is -2.48. The maximum absolute atomic E-state index is 12.4. The molecule has 1 atom stereocenters. The van der Waals surface area contributed by atoms with Crippen molar-refractivity contribution in [3.05, 3.63) is 23.8 Å². The summed E-state index contributed by atoms with van der Waals surface area (Å²) in [5.41, 5.74) is 6.39. The van der Waals surface area contributed by atoms with Crippen LogP contribution in [-0.4, -0.2) is 27.6 Å². The zero-order valence-electron chi connectivity index (χ0n) is 12.1. The summed E-state index contributed by atoms with van der Waals surface area (Å²) in [5.74, 6) is 0.773. The van der Waals surface area contributed by atoms with Gasteiger partial charge < -0.3 is 10.5 Å². The van der Waals surface area contributed by atoms with E-state index in [1.54, 1.807) is 18.2 Å². The van der Waals surface area contributed by atoms with E-state index in [0.717, 1.165) is 17.7 Å². The number of fused-ring (bicyclic) bond motifs is 1. The van der Waals surface area contributed by atoms with E-state index in [9.17, 15) is 8.42 Å². The zero-order valence-corrected chi connectivity index (χ0v) is 13.0. The van der Waals surface area contributed by atoms with E-state index < -0.39 is 10.0 Å². The first-order chi connectivity index (χ1) is 9.24. The number of ether oxygens (including phenoxy) is 1. The largest absolute Gasteiger partial charge is 0.493 e. The minimum atomic E-state index is -3.56. The fourth-order valence-corrected chi connectivity index (χ4v) is 3.67. The lowest BCUT2D eigenvalue weighted by Gasteiger charge is -2.30. The van der Waals surface area contributed by atoms with Crippen LogP contribution in [0.2, 0.25) is 0 Å². The number of sulfonamides is 1. The molecule has 0 amide bonds. The molecule has 0 bridgehead atoms. The van der Waals surface area contributed by atoms with Gasteiger partial charge in [-0.05, 0) is 29.2 Å². The summed E-state index contributed by atoms with van der Waals surface area (Å²) in [6.07, 6.45) is 0.748. The molecule has 0 saturated carbocycles. The fraction of sp³-hybridized carbons (Fsp3) is 0.571. The third-order valence-electron chi connectivity index (χ3n) is 3.55. The molecule has 2 rings (SSSR count). The quantitative estimate of drug-likeness (QED) is 0.877. The SMILES string of the molecule is CC(C)(C)C(CN)NS(=O)(=O)c1ccc2c(c1)CCO2. The van der Waals surface area contributed by atoms with E-state index in [0.29, 0.717) is 6.61 Å². The van der Waals surface area contributed by atoms with E-state index in [4.69, 9.17) is 10.5 Å². The number of nitrogens with one attached hydrogen (secondary N) is 1. The van der Waals surface area contributed by atoms with Crippen molar-refractivity contribution >= 4 is 10.0 Å².